The van der Waals surface area contributed by atoms with E-state index in [9.17, 15) is 4.79 Å². The van der Waals surface area contributed by atoms with Gasteiger partial charge in [-0.2, -0.15) is 0 Å². The van der Waals surface area contributed by atoms with Gasteiger partial charge in [0.25, 0.3) is 0 Å². The van der Waals surface area contributed by atoms with E-state index < -0.39 is 0 Å². The van der Waals surface area contributed by atoms with Gasteiger partial charge in [0, 0.05) is 25.7 Å². The lowest BCUT2D eigenvalue weighted by atomic mass is 10.1. The van der Waals surface area contributed by atoms with E-state index in [1.54, 1.807) is 11.3 Å². The number of hydrogen-bond acceptors (Lipinski definition) is 2. The maximum atomic E-state index is 12.6. The molecule has 3 aromatic rings. The van der Waals surface area contributed by atoms with Crippen molar-refractivity contribution in [3.05, 3.63) is 58.3 Å². The Balaban J connectivity index is 2.21. The average Bonchev–Trinajstić information content (AvgIpc) is 2.48. The number of rotatable bonds is 3. The van der Waals surface area contributed by atoms with Crippen molar-refractivity contribution in [2.75, 3.05) is 12.0 Å². The van der Waals surface area contributed by atoms with Gasteiger partial charge in [0.05, 0.1) is 6.26 Å². The van der Waals surface area contributed by atoms with Crippen LogP contribution in [0.15, 0.2) is 47.3 Å². The summed E-state index contributed by atoms with van der Waals surface area (Å²) in [4.78, 5) is 12.6. The summed E-state index contributed by atoms with van der Waals surface area (Å²) < 4.78 is 2.16. The zero-order valence-electron chi connectivity index (χ0n) is 11.7. The first-order valence-electron chi connectivity index (χ1n) is 6.72. The van der Waals surface area contributed by atoms with E-state index >= 15 is 0 Å². The van der Waals surface area contributed by atoms with E-state index in [0.717, 1.165) is 25.9 Å². The van der Waals surface area contributed by atoms with Crippen LogP contribution < -0.4 is 5.43 Å². The second-order valence-electron chi connectivity index (χ2n) is 4.97. The highest BCUT2D eigenvalue weighted by atomic mass is 32.2. The van der Waals surface area contributed by atoms with E-state index in [1.165, 1.54) is 11.3 Å². The molecule has 102 valence electrons. The van der Waals surface area contributed by atoms with Gasteiger partial charge in [0.1, 0.15) is 11.5 Å². The SMILES string of the molecule is CC[S+](C)Cc1ccc2sc3ccccc3c(=O)c2c1. The zero-order chi connectivity index (χ0) is 14.1. The third-order valence-electron chi connectivity index (χ3n) is 3.55. The Kier molecular flexibility index (Phi) is 3.81. The molecule has 1 unspecified atom stereocenters. The molecule has 1 atom stereocenters. The lowest BCUT2D eigenvalue weighted by molar-refractivity contribution is 1.39. The van der Waals surface area contributed by atoms with Crippen LogP contribution in [-0.2, 0) is 16.6 Å². The normalized spacial score (nSPS) is 12.9. The summed E-state index contributed by atoms with van der Waals surface area (Å²) in [6.45, 7) is 2.22. The van der Waals surface area contributed by atoms with Crippen LogP contribution >= 0.6 is 11.3 Å². The molecule has 0 bridgehead atoms. The lowest BCUT2D eigenvalue weighted by Gasteiger charge is -2.04. The topological polar surface area (TPSA) is 17.1 Å². The van der Waals surface area contributed by atoms with Crippen LogP contribution in [0, 0.1) is 0 Å². The number of hydrogen-bond donors (Lipinski definition) is 0. The van der Waals surface area contributed by atoms with Crippen molar-refractivity contribution in [1.82, 2.24) is 0 Å². The quantitative estimate of drug-likeness (QED) is 0.524. The molecule has 1 aromatic heterocycles. The highest BCUT2D eigenvalue weighted by Crippen LogP contribution is 2.25. The third kappa shape index (κ3) is 2.48. The van der Waals surface area contributed by atoms with Gasteiger partial charge < -0.3 is 0 Å². The van der Waals surface area contributed by atoms with Gasteiger partial charge in [-0.1, -0.05) is 18.2 Å². The van der Waals surface area contributed by atoms with Crippen LogP contribution in [0.1, 0.15) is 12.5 Å². The van der Waals surface area contributed by atoms with E-state index in [-0.39, 0.29) is 5.43 Å². The second-order valence-corrected chi connectivity index (χ2v) is 8.49. The zero-order valence-corrected chi connectivity index (χ0v) is 13.3. The fraction of sp³-hybridized carbons (Fsp3) is 0.235. The summed E-state index contributed by atoms with van der Waals surface area (Å²) in [6, 6.07) is 14.3. The summed E-state index contributed by atoms with van der Waals surface area (Å²) in [5.74, 6) is 2.27. The molecule has 0 saturated carbocycles. The van der Waals surface area contributed by atoms with Crippen molar-refractivity contribution in [2.24, 2.45) is 0 Å². The van der Waals surface area contributed by atoms with Crippen molar-refractivity contribution in [3.8, 4) is 0 Å². The molecule has 0 saturated heterocycles. The number of benzene rings is 2. The highest BCUT2D eigenvalue weighted by Gasteiger charge is 2.11. The first-order chi connectivity index (χ1) is 9.69. The molecule has 2 aromatic carbocycles. The van der Waals surface area contributed by atoms with Gasteiger partial charge >= 0.3 is 0 Å². The Morgan fingerprint density at radius 2 is 1.80 bits per heavy atom. The van der Waals surface area contributed by atoms with Crippen molar-refractivity contribution < 1.29 is 0 Å². The Bertz CT molecular complexity index is 820. The molecule has 0 aliphatic heterocycles. The molecule has 0 fully saturated rings. The van der Waals surface area contributed by atoms with Crippen LogP contribution in [0.3, 0.4) is 0 Å². The minimum Gasteiger partial charge on any atom is -0.289 e. The van der Waals surface area contributed by atoms with Gasteiger partial charge in [0.2, 0.25) is 0 Å². The summed E-state index contributed by atoms with van der Waals surface area (Å²) >= 11 is 1.70. The van der Waals surface area contributed by atoms with Gasteiger partial charge in [-0.25, -0.2) is 0 Å². The van der Waals surface area contributed by atoms with Crippen LogP contribution in [0.25, 0.3) is 20.2 Å². The molecule has 0 spiro atoms. The molecule has 0 aliphatic rings. The van der Waals surface area contributed by atoms with Crippen LogP contribution in [0.4, 0.5) is 0 Å². The molecule has 0 N–H and O–H groups in total. The molecular weight excluding hydrogens is 284 g/mol. The molecule has 0 aliphatic carbocycles. The molecule has 3 heteroatoms. The lowest BCUT2D eigenvalue weighted by Crippen LogP contribution is -2.06. The van der Waals surface area contributed by atoms with E-state index in [4.69, 9.17) is 0 Å². The first kappa shape index (κ1) is 13.7. The van der Waals surface area contributed by atoms with Gasteiger partial charge in [-0.15, -0.1) is 11.3 Å². The Morgan fingerprint density at radius 1 is 1.05 bits per heavy atom. The van der Waals surface area contributed by atoms with Crippen LogP contribution in [0.2, 0.25) is 0 Å². The molecule has 1 nitrogen and oxygen atoms in total. The smallest absolute Gasteiger partial charge is 0.195 e. The monoisotopic (exact) mass is 301 g/mol. The molecule has 0 amide bonds. The van der Waals surface area contributed by atoms with Crippen molar-refractivity contribution in [3.63, 3.8) is 0 Å². The maximum absolute atomic E-state index is 12.6. The fourth-order valence-electron chi connectivity index (χ4n) is 2.33. The minimum atomic E-state index is 0.170. The van der Waals surface area contributed by atoms with Crippen molar-refractivity contribution in [1.29, 1.82) is 0 Å². The summed E-state index contributed by atoms with van der Waals surface area (Å²) in [5.41, 5.74) is 1.45. The van der Waals surface area contributed by atoms with E-state index in [1.807, 2.05) is 24.3 Å². The Morgan fingerprint density at radius 3 is 2.60 bits per heavy atom. The minimum absolute atomic E-state index is 0.170. The molecule has 3 rings (SSSR count). The maximum Gasteiger partial charge on any atom is 0.195 e. The standard InChI is InChI=1S/C17H17OS2/c1-3-20(2)11-12-8-9-16-14(10-12)17(18)13-6-4-5-7-15(13)19-16/h4-10H,3,11H2,1-2H3/q+1. The second kappa shape index (κ2) is 5.58. The molecule has 1 heterocycles. The largest absolute Gasteiger partial charge is 0.289 e. The fourth-order valence-corrected chi connectivity index (χ4v) is 4.33. The molecule has 20 heavy (non-hydrogen) atoms. The molecule has 0 radical (unpaired) electrons. The molecular formula is C17H17OS2+. The van der Waals surface area contributed by atoms with Crippen molar-refractivity contribution in [2.45, 2.75) is 12.7 Å². The van der Waals surface area contributed by atoms with E-state index in [2.05, 4.69) is 31.4 Å². The van der Waals surface area contributed by atoms with E-state index in [0.29, 0.717) is 10.9 Å². The predicted octanol–water partition coefficient (Wildman–Crippen LogP) is 4.18. The Labute approximate surface area is 125 Å². The third-order valence-corrected chi connectivity index (χ3v) is 6.51. The summed E-state index contributed by atoms with van der Waals surface area (Å²) in [6.07, 6.45) is 2.28. The first-order valence-corrected chi connectivity index (χ1v) is 9.51. The summed E-state index contributed by atoms with van der Waals surface area (Å²) in [7, 11) is 0.397. The van der Waals surface area contributed by atoms with Gasteiger partial charge in [-0.05, 0) is 42.1 Å². The van der Waals surface area contributed by atoms with Crippen LogP contribution in [-0.4, -0.2) is 12.0 Å². The highest BCUT2D eigenvalue weighted by molar-refractivity contribution is 7.95. The van der Waals surface area contributed by atoms with Gasteiger partial charge in [-0.3, -0.25) is 4.79 Å². The van der Waals surface area contributed by atoms with Crippen molar-refractivity contribution >= 4 is 42.4 Å². The van der Waals surface area contributed by atoms with Gasteiger partial charge in [0.15, 0.2) is 5.43 Å². The average molecular weight is 301 g/mol. The number of fused-ring (bicyclic) bond motifs is 2. The van der Waals surface area contributed by atoms with Crippen LogP contribution in [0.5, 0.6) is 0 Å². The predicted molar refractivity (Wildman–Crippen MR) is 93.1 cm³/mol. The Hall–Kier alpha value is -1.32. The summed E-state index contributed by atoms with van der Waals surface area (Å²) in [5, 5.41) is 1.72.